The third-order valence-electron chi connectivity index (χ3n) is 6.10. The molecule has 1 aromatic heterocycles. The highest BCUT2D eigenvalue weighted by atomic mass is 16.3. The normalized spacial score (nSPS) is 21.8. The van der Waals surface area contributed by atoms with E-state index in [2.05, 4.69) is 15.6 Å². The van der Waals surface area contributed by atoms with Crippen LogP contribution in [0.25, 0.3) is 0 Å². The summed E-state index contributed by atoms with van der Waals surface area (Å²) in [4.78, 5) is 15.1. The van der Waals surface area contributed by atoms with Crippen LogP contribution in [0.5, 0.6) is 0 Å². The standard InChI is InChI=1S/C21H29N5O2/c1-15-20(23-24-26(15)17-9-11-22-12-10-17)21(28)25-13-5-8-18(25)14-19(27)16-6-3-2-4-7-16/h2-4,6-7,17-19,22,27H,5,8-14H2,1H3. The lowest BCUT2D eigenvalue weighted by molar-refractivity contribution is 0.0660. The minimum atomic E-state index is -0.564. The molecule has 2 N–H and O–H groups in total. The Bertz CT molecular complexity index is 800. The summed E-state index contributed by atoms with van der Waals surface area (Å²) in [5.74, 6) is -0.0551. The number of aliphatic hydroxyl groups excluding tert-OH is 1. The zero-order valence-corrected chi connectivity index (χ0v) is 16.4. The van der Waals surface area contributed by atoms with Crippen molar-refractivity contribution in [3.63, 3.8) is 0 Å². The molecule has 2 saturated heterocycles. The van der Waals surface area contributed by atoms with Crippen molar-refractivity contribution < 1.29 is 9.90 Å². The van der Waals surface area contributed by atoms with Gasteiger partial charge in [0.2, 0.25) is 0 Å². The van der Waals surface area contributed by atoms with Crippen LogP contribution in [0.4, 0.5) is 0 Å². The van der Waals surface area contributed by atoms with E-state index in [-0.39, 0.29) is 11.9 Å². The summed E-state index contributed by atoms with van der Waals surface area (Å²) in [5, 5.41) is 22.5. The summed E-state index contributed by atoms with van der Waals surface area (Å²) in [6, 6.07) is 10.0. The number of carbonyl (C=O) groups excluding carboxylic acids is 1. The highest BCUT2D eigenvalue weighted by Gasteiger charge is 2.34. The fourth-order valence-corrected chi connectivity index (χ4v) is 4.49. The molecular formula is C21H29N5O2. The number of hydrogen-bond acceptors (Lipinski definition) is 5. The summed E-state index contributed by atoms with van der Waals surface area (Å²) in [6.07, 6.45) is 3.88. The summed E-state index contributed by atoms with van der Waals surface area (Å²) < 4.78 is 1.93. The molecule has 2 aliphatic heterocycles. The number of aliphatic hydroxyl groups is 1. The number of benzene rings is 1. The van der Waals surface area contributed by atoms with Gasteiger partial charge in [0.05, 0.1) is 17.8 Å². The number of carbonyl (C=O) groups is 1. The predicted octanol–water partition coefficient (Wildman–Crippen LogP) is 2.24. The number of hydrogen-bond donors (Lipinski definition) is 2. The number of amides is 1. The van der Waals surface area contributed by atoms with E-state index < -0.39 is 6.10 Å². The number of nitrogens with zero attached hydrogens (tertiary/aromatic N) is 4. The maximum atomic E-state index is 13.2. The second kappa shape index (κ2) is 8.41. The van der Waals surface area contributed by atoms with Gasteiger partial charge in [-0.05, 0) is 57.7 Å². The molecule has 7 nitrogen and oxygen atoms in total. The second-order valence-corrected chi connectivity index (χ2v) is 7.91. The van der Waals surface area contributed by atoms with Gasteiger partial charge in [-0.2, -0.15) is 0 Å². The van der Waals surface area contributed by atoms with Crippen LogP contribution in [0, 0.1) is 6.92 Å². The van der Waals surface area contributed by atoms with Crippen molar-refractivity contribution in [2.75, 3.05) is 19.6 Å². The van der Waals surface area contributed by atoms with Crippen molar-refractivity contribution in [1.29, 1.82) is 0 Å². The molecule has 1 amide bonds. The van der Waals surface area contributed by atoms with Gasteiger partial charge in [0.1, 0.15) is 0 Å². The number of likely N-dealkylation sites (tertiary alicyclic amines) is 1. The molecule has 0 spiro atoms. The van der Waals surface area contributed by atoms with Crippen LogP contribution in [0.3, 0.4) is 0 Å². The van der Waals surface area contributed by atoms with E-state index in [0.717, 1.165) is 50.0 Å². The minimum Gasteiger partial charge on any atom is -0.388 e. The summed E-state index contributed by atoms with van der Waals surface area (Å²) in [6.45, 7) is 4.60. The molecule has 28 heavy (non-hydrogen) atoms. The van der Waals surface area contributed by atoms with Crippen LogP contribution in [-0.4, -0.2) is 56.6 Å². The van der Waals surface area contributed by atoms with Crippen LogP contribution in [0.2, 0.25) is 0 Å². The molecular weight excluding hydrogens is 354 g/mol. The van der Waals surface area contributed by atoms with E-state index in [9.17, 15) is 9.90 Å². The maximum Gasteiger partial charge on any atom is 0.276 e. The van der Waals surface area contributed by atoms with Crippen LogP contribution >= 0.6 is 0 Å². The lowest BCUT2D eigenvalue weighted by Crippen LogP contribution is -2.37. The zero-order valence-electron chi connectivity index (χ0n) is 16.4. The third kappa shape index (κ3) is 3.82. The predicted molar refractivity (Wildman–Crippen MR) is 106 cm³/mol. The summed E-state index contributed by atoms with van der Waals surface area (Å²) in [5.41, 5.74) is 2.21. The van der Waals surface area contributed by atoms with Gasteiger partial charge >= 0.3 is 0 Å². The van der Waals surface area contributed by atoms with E-state index >= 15 is 0 Å². The van der Waals surface area contributed by atoms with Crippen molar-refractivity contribution >= 4 is 5.91 Å². The Morgan fingerprint density at radius 1 is 1.25 bits per heavy atom. The first kappa shape index (κ1) is 19.1. The molecule has 0 saturated carbocycles. The molecule has 7 heteroatoms. The average molecular weight is 383 g/mol. The summed E-state index contributed by atoms with van der Waals surface area (Å²) >= 11 is 0. The molecule has 1 aromatic carbocycles. The van der Waals surface area contributed by atoms with Gasteiger partial charge in [0.25, 0.3) is 5.91 Å². The topological polar surface area (TPSA) is 83.3 Å². The fraction of sp³-hybridized carbons (Fsp3) is 0.571. The largest absolute Gasteiger partial charge is 0.388 e. The quantitative estimate of drug-likeness (QED) is 0.827. The first-order chi connectivity index (χ1) is 13.6. The molecule has 4 rings (SSSR count). The van der Waals surface area contributed by atoms with Crippen molar-refractivity contribution in [3.8, 4) is 0 Å². The van der Waals surface area contributed by atoms with Crippen LogP contribution in [0.1, 0.15) is 66.0 Å². The van der Waals surface area contributed by atoms with Gasteiger partial charge < -0.3 is 15.3 Å². The Hall–Kier alpha value is -2.25. The number of rotatable bonds is 5. The Morgan fingerprint density at radius 3 is 2.75 bits per heavy atom. The van der Waals surface area contributed by atoms with Crippen LogP contribution < -0.4 is 5.32 Å². The average Bonchev–Trinajstić information content (AvgIpc) is 3.35. The number of piperidine rings is 1. The lowest BCUT2D eigenvalue weighted by Gasteiger charge is -2.26. The van der Waals surface area contributed by atoms with Gasteiger partial charge in [-0.3, -0.25) is 4.79 Å². The smallest absolute Gasteiger partial charge is 0.276 e. The van der Waals surface area contributed by atoms with E-state index in [4.69, 9.17) is 0 Å². The number of aromatic nitrogens is 3. The highest BCUT2D eigenvalue weighted by molar-refractivity contribution is 5.93. The minimum absolute atomic E-state index is 0.0335. The Labute approximate surface area is 165 Å². The molecule has 0 radical (unpaired) electrons. The second-order valence-electron chi connectivity index (χ2n) is 7.91. The van der Waals surface area contributed by atoms with E-state index in [0.29, 0.717) is 24.7 Å². The summed E-state index contributed by atoms with van der Waals surface area (Å²) in [7, 11) is 0. The van der Waals surface area contributed by atoms with Gasteiger partial charge in [0.15, 0.2) is 5.69 Å². The molecule has 2 unspecified atom stereocenters. The molecule has 2 aromatic rings. The molecule has 2 aliphatic rings. The Kier molecular flexibility index (Phi) is 5.73. The van der Waals surface area contributed by atoms with Crippen molar-refractivity contribution in [2.45, 2.75) is 57.2 Å². The van der Waals surface area contributed by atoms with Crippen molar-refractivity contribution in [3.05, 3.63) is 47.3 Å². The Balaban J connectivity index is 1.47. The first-order valence-corrected chi connectivity index (χ1v) is 10.3. The first-order valence-electron chi connectivity index (χ1n) is 10.3. The highest BCUT2D eigenvalue weighted by Crippen LogP contribution is 2.29. The van der Waals surface area contributed by atoms with Crippen molar-refractivity contribution in [1.82, 2.24) is 25.2 Å². The Morgan fingerprint density at radius 2 is 2.00 bits per heavy atom. The van der Waals surface area contributed by atoms with E-state index in [1.807, 2.05) is 46.8 Å². The third-order valence-corrected chi connectivity index (χ3v) is 6.10. The lowest BCUT2D eigenvalue weighted by atomic mass is 10.0. The van der Waals surface area contributed by atoms with Crippen LogP contribution in [0.15, 0.2) is 30.3 Å². The zero-order chi connectivity index (χ0) is 19.5. The van der Waals surface area contributed by atoms with Gasteiger partial charge in [-0.1, -0.05) is 35.5 Å². The molecule has 0 bridgehead atoms. The van der Waals surface area contributed by atoms with E-state index in [1.54, 1.807) is 0 Å². The maximum absolute atomic E-state index is 13.2. The molecule has 0 aliphatic carbocycles. The SMILES string of the molecule is Cc1c(C(=O)N2CCCC2CC(O)c2ccccc2)nnn1C1CCNCC1. The molecule has 3 heterocycles. The van der Waals surface area contributed by atoms with Crippen molar-refractivity contribution in [2.24, 2.45) is 0 Å². The van der Waals surface area contributed by atoms with Gasteiger partial charge in [0, 0.05) is 12.6 Å². The van der Waals surface area contributed by atoms with Gasteiger partial charge in [-0.25, -0.2) is 4.68 Å². The monoisotopic (exact) mass is 383 g/mol. The molecule has 2 fully saturated rings. The number of nitrogens with one attached hydrogen (secondary N) is 1. The molecule has 2 atom stereocenters. The molecule has 150 valence electrons. The van der Waals surface area contributed by atoms with Gasteiger partial charge in [-0.15, -0.1) is 5.10 Å². The van der Waals surface area contributed by atoms with E-state index in [1.165, 1.54) is 0 Å². The van der Waals surface area contributed by atoms with Crippen LogP contribution in [-0.2, 0) is 0 Å². The fourth-order valence-electron chi connectivity index (χ4n) is 4.49.